The minimum Gasteiger partial charge on any atom is -0.497 e. The fourth-order valence-electron chi connectivity index (χ4n) is 3.98. The molecule has 0 radical (unpaired) electrons. The number of ether oxygens (including phenoxy) is 2. The van der Waals surface area contributed by atoms with Gasteiger partial charge in [-0.3, -0.25) is 9.69 Å². The van der Waals surface area contributed by atoms with Gasteiger partial charge in [-0.05, 0) is 32.9 Å². The minimum absolute atomic E-state index is 0.0574. The van der Waals surface area contributed by atoms with Crippen molar-refractivity contribution in [2.24, 2.45) is 0 Å². The summed E-state index contributed by atoms with van der Waals surface area (Å²) in [4.78, 5) is 25.3. The highest BCUT2D eigenvalue weighted by Crippen LogP contribution is 2.53. The van der Waals surface area contributed by atoms with Crippen LogP contribution in [-0.2, 0) is 11.3 Å². The molecule has 3 N–H and O–H groups in total. The number of halogens is 2. The van der Waals surface area contributed by atoms with E-state index in [0.29, 0.717) is 17.1 Å². The van der Waals surface area contributed by atoms with E-state index in [1.54, 1.807) is 18.2 Å². The molecule has 1 saturated carbocycles. The Balaban J connectivity index is 2.24. The molecule has 0 heterocycles. The zero-order valence-electron chi connectivity index (χ0n) is 17.7. The molecule has 1 aliphatic rings. The molecule has 30 heavy (non-hydrogen) atoms. The third kappa shape index (κ3) is 4.58. The molecule has 0 aliphatic heterocycles. The first-order valence-electron chi connectivity index (χ1n) is 9.35. The van der Waals surface area contributed by atoms with E-state index in [9.17, 15) is 28.6 Å². The Morgan fingerprint density at radius 2 is 1.83 bits per heavy atom. The number of nitrogens with zero attached hydrogens (tertiary/aromatic N) is 1. The maximum absolute atomic E-state index is 13.8. The van der Waals surface area contributed by atoms with E-state index in [-0.39, 0.29) is 6.54 Å². The van der Waals surface area contributed by atoms with Crippen molar-refractivity contribution in [3.05, 3.63) is 23.8 Å². The topological polar surface area (TPSA) is 108 Å². The normalized spacial score (nSPS) is 18.0. The van der Waals surface area contributed by atoms with E-state index in [1.807, 2.05) is 0 Å². The molecule has 10 heteroatoms. The van der Waals surface area contributed by atoms with Gasteiger partial charge < -0.3 is 25.0 Å². The Labute approximate surface area is 173 Å². The van der Waals surface area contributed by atoms with Gasteiger partial charge in [-0.25, -0.2) is 13.6 Å². The van der Waals surface area contributed by atoms with Gasteiger partial charge in [-0.15, -0.1) is 0 Å². The van der Waals surface area contributed by atoms with Crippen LogP contribution in [0.4, 0.5) is 13.6 Å². The molecule has 1 atom stereocenters. The Morgan fingerprint density at radius 3 is 2.27 bits per heavy atom. The molecular weight excluding hydrogens is 402 g/mol. The molecule has 2 amide bonds. The van der Waals surface area contributed by atoms with Gasteiger partial charge in [-0.2, -0.15) is 0 Å². The van der Waals surface area contributed by atoms with Crippen LogP contribution >= 0.6 is 0 Å². The van der Waals surface area contributed by atoms with Crippen LogP contribution in [0.2, 0.25) is 0 Å². The van der Waals surface area contributed by atoms with Crippen LogP contribution in [-0.4, -0.2) is 64.4 Å². The lowest BCUT2D eigenvalue weighted by Crippen LogP contribution is -2.75. The van der Waals surface area contributed by atoms with Gasteiger partial charge in [0.25, 0.3) is 11.8 Å². The molecule has 0 aromatic heterocycles. The summed E-state index contributed by atoms with van der Waals surface area (Å²) in [6.45, 7) is 4.50. The van der Waals surface area contributed by atoms with Crippen LogP contribution < -0.4 is 14.8 Å². The third-order valence-corrected chi connectivity index (χ3v) is 5.14. The highest BCUT2D eigenvalue weighted by molar-refractivity contribution is 5.83. The third-order valence-electron chi connectivity index (χ3n) is 5.14. The van der Waals surface area contributed by atoms with Gasteiger partial charge in [0.2, 0.25) is 0 Å². The molecule has 1 aromatic rings. The number of rotatable bonds is 7. The number of benzene rings is 1. The summed E-state index contributed by atoms with van der Waals surface area (Å²) in [5, 5.41) is 22.8. The number of aliphatic hydroxyl groups excluding tert-OH is 1. The zero-order valence-corrected chi connectivity index (χ0v) is 17.7. The summed E-state index contributed by atoms with van der Waals surface area (Å²) in [7, 11) is 2.93. The van der Waals surface area contributed by atoms with Gasteiger partial charge in [0, 0.05) is 36.6 Å². The van der Waals surface area contributed by atoms with E-state index in [4.69, 9.17) is 9.47 Å². The average molecular weight is 430 g/mol. The van der Waals surface area contributed by atoms with Crippen molar-refractivity contribution in [3.63, 3.8) is 0 Å². The Bertz CT molecular complexity index is 801. The molecule has 168 valence electrons. The standard InChI is InChI=1S/C20H28F2N2O6/c1-18(2,3)24(17(27)28)19(10-20(21,22)11-19)15(25)16(26)23-9-12-6-7-13(29-4)8-14(12)30-5/h6-8,15,25H,9-11H2,1-5H3,(H,23,26)(H,27,28). The van der Waals surface area contributed by atoms with Crippen LogP contribution in [0.25, 0.3) is 0 Å². The number of aliphatic hydroxyl groups is 1. The van der Waals surface area contributed by atoms with Gasteiger partial charge in [0.1, 0.15) is 11.5 Å². The second-order valence-corrected chi connectivity index (χ2v) is 8.40. The van der Waals surface area contributed by atoms with Crippen LogP contribution in [0.5, 0.6) is 11.5 Å². The van der Waals surface area contributed by atoms with Gasteiger partial charge in [0.05, 0.1) is 19.8 Å². The number of carboxylic acid groups (broad SMARTS) is 1. The predicted molar refractivity (Wildman–Crippen MR) is 104 cm³/mol. The summed E-state index contributed by atoms with van der Waals surface area (Å²) in [6, 6.07) is 4.91. The van der Waals surface area contributed by atoms with Crippen molar-refractivity contribution in [1.29, 1.82) is 0 Å². The van der Waals surface area contributed by atoms with Crippen LogP contribution in [0.15, 0.2) is 18.2 Å². The smallest absolute Gasteiger partial charge is 0.408 e. The van der Waals surface area contributed by atoms with Crippen LogP contribution in [0.3, 0.4) is 0 Å². The van der Waals surface area contributed by atoms with E-state index in [0.717, 1.165) is 4.90 Å². The lowest BCUT2D eigenvalue weighted by atomic mass is 9.66. The Morgan fingerprint density at radius 1 is 1.23 bits per heavy atom. The highest BCUT2D eigenvalue weighted by Gasteiger charge is 2.67. The number of methoxy groups -OCH3 is 2. The number of alkyl halides is 2. The molecule has 1 fully saturated rings. The van der Waals surface area contributed by atoms with E-state index in [2.05, 4.69) is 5.32 Å². The van der Waals surface area contributed by atoms with Crippen molar-refractivity contribution < 1.29 is 38.1 Å². The molecule has 1 aromatic carbocycles. The molecule has 0 bridgehead atoms. The maximum Gasteiger partial charge on any atom is 0.408 e. The minimum atomic E-state index is -3.17. The molecular formula is C20H28F2N2O6. The predicted octanol–water partition coefficient (Wildman–Crippen LogP) is 2.63. The van der Waals surface area contributed by atoms with Gasteiger partial charge in [0.15, 0.2) is 6.10 Å². The van der Waals surface area contributed by atoms with E-state index < -0.39 is 47.9 Å². The molecule has 1 aliphatic carbocycles. The molecule has 1 unspecified atom stereocenters. The number of hydrogen-bond acceptors (Lipinski definition) is 5. The highest BCUT2D eigenvalue weighted by atomic mass is 19.3. The zero-order chi connectivity index (χ0) is 22.9. The van der Waals surface area contributed by atoms with E-state index in [1.165, 1.54) is 35.0 Å². The monoisotopic (exact) mass is 430 g/mol. The second kappa shape index (κ2) is 8.25. The molecule has 8 nitrogen and oxygen atoms in total. The lowest BCUT2D eigenvalue weighted by molar-refractivity contribution is -0.216. The molecule has 0 spiro atoms. The second-order valence-electron chi connectivity index (χ2n) is 8.40. The van der Waals surface area contributed by atoms with E-state index >= 15 is 0 Å². The van der Waals surface area contributed by atoms with Crippen molar-refractivity contribution in [2.45, 2.75) is 63.3 Å². The molecule has 2 rings (SSSR count). The average Bonchev–Trinajstić information content (AvgIpc) is 2.61. The summed E-state index contributed by atoms with van der Waals surface area (Å²) in [5.41, 5.74) is -2.47. The number of nitrogens with one attached hydrogen (secondary N) is 1. The largest absolute Gasteiger partial charge is 0.497 e. The maximum atomic E-state index is 13.8. The summed E-state index contributed by atoms with van der Waals surface area (Å²) >= 11 is 0. The van der Waals surface area contributed by atoms with Crippen molar-refractivity contribution in [3.8, 4) is 11.5 Å². The first-order chi connectivity index (χ1) is 13.8. The quantitative estimate of drug-likeness (QED) is 0.614. The van der Waals surface area contributed by atoms with Gasteiger partial charge in [-0.1, -0.05) is 0 Å². The summed E-state index contributed by atoms with van der Waals surface area (Å²) in [5.74, 6) is -3.14. The van der Waals surface area contributed by atoms with Gasteiger partial charge >= 0.3 is 6.09 Å². The fraction of sp³-hybridized carbons (Fsp3) is 0.600. The number of amides is 2. The fourth-order valence-corrected chi connectivity index (χ4v) is 3.98. The van der Waals surface area contributed by atoms with Crippen LogP contribution in [0, 0.1) is 0 Å². The van der Waals surface area contributed by atoms with Crippen molar-refractivity contribution in [1.82, 2.24) is 10.2 Å². The van der Waals surface area contributed by atoms with Crippen molar-refractivity contribution in [2.75, 3.05) is 14.2 Å². The number of hydrogen-bond donors (Lipinski definition) is 3. The number of carbonyl (C=O) groups excluding carboxylic acids is 1. The first kappa shape index (κ1) is 23.7. The lowest BCUT2D eigenvalue weighted by Gasteiger charge is -2.58. The molecule has 0 saturated heterocycles. The van der Waals surface area contributed by atoms with Crippen LogP contribution in [0.1, 0.15) is 39.2 Å². The number of carbonyl (C=O) groups is 2. The van der Waals surface area contributed by atoms with Crippen molar-refractivity contribution >= 4 is 12.0 Å². The SMILES string of the molecule is COc1ccc(CNC(=O)C(O)C2(N(C(=O)O)C(C)(C)C)CC(F)(F)C2)c(OC)c1. The first-order valence-corrected chi connectivity index (χ1v) is 9.35. The summed E-state index contributed by atoms with van der Waals surface area (Å²) < 4.78 is 37.9. The summed E-state index contributed by atoms with van der Waals surface area (Å²) in [6.07, 6.45) is -5.34. The Hall–Kier alpha value is -2.62. The Kier molecular flexibility index (Phi) is 6.51.